The largest absolute Gasteiger partial charge is 0.444 e. The summed E-state index contributed by atoms with van der Waals surface area (Å²) in [5.41, 5.74) is 0.525. The highest BCUT2D eigenvalue weighted by molar-refractivity contribution is 5.82. The number of aliphatic hydroxyl groups excluding tert-OH is 3. The zero-order valence-corrected chi connectivity index (χ0v) is 20.5. The van der Waals surface area contributed by atoms with E-state index in [4.69, 9.17) is 9.47 Å². The monoisotopic (exact) mass is 492 g/mol. The van der Waals surface area contributed by atoms with E-state index in [9.17, 15) is 20.1 Å². The fourth-order valence-electron chi connectivity index (χ4n) is 4.61. The Labute approximate surface area is 204 Å². The Balaban J connectivity index is 1.27. The number of nitrogens with one attached hydrogen (secondary N) is 1. The highest BCUT2D eigenvalue weighted by atomic mass is 16.6. The maximum atomic E-state index is 12.2. The quantitative estimate of drug-likeness (QED) is 0.415. The Bertz CT molecular complexity index is 1000. The molecule has 0 bridgehead atoms. The second kappa shape index (κ2) is 10.6. The molecule has 4 N–H and O–H groups in total. The number of nitrogens with zero attached hydrogens (tertiary/aromatic N) is 5. The average molecular weight is 493 g/mol. The van der Waals surface area contributed by atoms with Gasteiger partial charge < -0.3 is 35.0 Å². The van der Waals surface area contributed by atoms with Gasteiger partial charge in [0.05, 0.1) is 12.9 Å². The number of hydrogen-bond donors (Lipinski definition) is 4. The molecule has 35 heavy (non-hydrogen) atoms. The van der Waals surface area contributed by atoms with Crippen LogP contribution >= 0.6 is 0 Å². The number of carbonyl (C=O) groups excluding carboxylic acids is 1. The predicted octanol–water partition coefficient (Wildman–Crippen LogP) is 1.28. The molecule has 0 radical (unpaired) electrons. The number of likely N-dealkylation sites (tertiary alicyclic amines) is 1. The van der Waals surface area contributed by atoms with E-state index in [0.717, 1.165) is 38.8 Å². The van der Waals surface area contributed by atoms with Gasteiger partial charge in [-0.25, -0.2) is 19.7 Å². The molecular weight excluding hydrogens is 456 g/mol. The number of carbonyl (C=O) groups is 1. The third-order valence-corrected chi connectivity index (χ3v) is 6.50. The second-order valence-electron chi connectivity index (χ2n) is 10.3. The molecule has 12 nitrogen and oxygen atoms in total. The van der Waals surface area contributed by atoms with Gasteiger partial charge in [-0.2, -0.15) is 0 Å². The summed E-state index contributed by atoms with van der Waals surface area (Å²) >= 11 is 0. The summed E-state index contributed by atoms with van der Waals surface area (Å²) in [5, 5.41) is 33.0. The predicted molar refractivity (Wildman–Crippen MR) is 127 cm³/mol. The minimum atomic E-state index is -1.21. The van der Waals surface area contributed by atoms with Gasteiger partial charge in [-0.05, 0) is 52.4 Å². The van der Waals surface area contributed by atoms with Crippen LogP contribution in [-0.4, -0.2) is 96.0 Å². The molecular formula is C23H36N6O6. The summed E-state index contributed by atoms with van der Waals surface area (Å²) < 4.78 is 12.6. The first-order chi connectivity index (χ1) is 16.7. The van der Waals surface area contributed by atoms with Crippen molar-refractivity contribution in [1.29, 1.82) is 0 Å². The third-order valence-electron chi connectivity index (χ3n) is 6.50. The number of anilines is 1. The Hall–Kier alpha value is -2.54. The van der Waals surface area contributed by atoms with Crippen molar-refractivity contribution in [3.63, 3.8) is 0 Å². The topological polar surface area (TPSA) is 155 Å². The van der Waals surface area contributed by atoms with Crippen LogP contribution in [0.2, 0.25) is 0 Å². The molecule has 0 saturated carbocycles. The Morgan fingerprint density at radius 2 is 1.94 bits per heavy atom. The van der Waals surface area contributed by atoms with Crippen molar-refractivity contribution in [2.45, 2.75) is 76.6 Å². The van der Waals surface area contributed by atoms with Crippen molar-refractivity contribution in [2.75, 3.05) is 31.6 Å². The smallest absolute Gasteiger partial charge is 0.410 e. The van der Waals surface area contributed by atoms with Gasteiger partial charge >= 0.3 is 6.09 Å². The van der Waals surface area contributed by atoms with Crippen LogP contribution in [0.1, 0.15) is 52.7 Å². The lowest BCUT2D eigenvalue weighted by Gasteiger charge is -2.33. The number of aliphatic hydroxyl groups is 3. The molecule has 2 saturated heterocycles. The van der Waals surface area contributed by atoms with E-state index in [2.05, 4.69) is 20.3 Å². The van der Waals surface area contributed by atoms with Crippen LogP contribution < -0.4 is 5.32 Å². The number of ether oxygens (including phenoxy) is 2. The van der Waals surface area contributed by atoms with E-state index in [1.165, 1.54) is 12.7 Å². The number of rotatable bonds is 7. The summed E-state index contributed by atoms with van der Waals surface area (Å²) in [6.07, 6.45) is 2.40. The summed E-state index contributed by atoms with van der Waals surface area (Å²) in [7, 11) is 0. The number of amides is 1. The fourth-order valence-corrected chi connectivity index (χ4v) is 4.61. The first-order valence-corrected chi connectivity index (χ1v) is 12.2. The Morgan fingerprint density at radius 1 is 1.20 bits per heavy atom. The molecule has 2 aliphatic heterocycles. The van der Waals surface area contributed by atoms with E-state index in [-0.39, 0.29) is 6.09 Å². The van der Waals surface area contributed by atoms with Gasteiger partial charge in [-0.3, -0.25) is 4.57 Å². The number of hydrogen-bond acceptors (Lipinski definition) is 10. The summed E-state index contributed by atoms with van der Waals surface area (Å²) in [6.45, 7) is 7.38. The number of fused-ring (bicyclic) bond motifs is 1. The molecule has 1 amide bonds. The van der Waals surface area contributed by atoms with Gasteiger partial charge in [0.25, 0.3) is 0 Å². The van der Waals surface area contributed by atoms with E-state index in [1.807, 2.05) is 20.8 Å². The van der Waals surface area contributed by atoms with Gasteiger partial charge in [0.1, 0.15) is 30.2 Å². The van der Waals surface area contributed by atoms with Crippen molar-refractivity contribution < 1.29 is 29.6 Å². The molecule has 2 aliphatic rings. The zero-order valence-electron chi connectivity index (χ0n) is 20.5. The number of imidazole rings is 1. The van der Waals surface area contributed by atoms with E-state index < -0.39 is 36.7 Å². The molecule has 12 heteroatoms. The summed E-state index contributed by atoms with van der Waals surface area (Å²) in [5.74, 6) is 1.15. The molecule has 4 heterocycles. The third kappa shape index (κ3) is 5.83. The van der Waals surface area contributed by atoms with Crippen molar-refractivity contribution in [3.05, 3.63) is 12.7 Å². The molecule has 2 aromatic heterocycles. The van der Waals surface area contributed by atoms with Gasteiger partial charge in [-0.1, -0.05) is 0 Å². The van der Waals surface area contributed by atoms with Crippen molar-refractivity contribution in [2.24, 2.45) is 5.92 Å². The minimum absolute atomic E-state index is 0.234. The van der Waals surface area contributed by atoms with Gasteiger partial charge in [0, 0.05) is 19.6 Å². The molecule has 194 valence electrons. The molecule has 2 aromatic rings. The van der Waals surface area contributed by atoms with Crippen LogP contribution in [0.25, 0.3) is 11.2 Å². The van der Waals surface area contributed by atoms with Crippen molar-refractivity contribution in [3.8, 4) is 0 Å². The molecule has 0 spiro atoms. The number of aromatic nitrogens is 4. The lowest BCUT2D eigenvalue weighted by molar-refractivity contribution is -0.0511. The second-order valence-corrected chi connectivity index (χ2v) is 10.3. The van der Waals surface area contributed by atoms with Crippen molar-refractivity contribution >= 4 is 23.1 Å². The zero-order chi connectivity index (χ0) is 25.2. The van der Waals surface area contributed by atoms with E-state index in [0.29, 0.717) is 29.4 Å². The van der Waals surface area contributed by atoms with Gasteiger partial charge in [-0.15, -0.1) is 0 Å². The molecule has 0 aliphatic carbocycles. The van der Waals surface area contributed by atoms with Gasteiger partial charge in [0.2, 0.25) is 0 Å². The van der Waals surface area contributed by atoms with Crippen LogP contribution in [0.3, 0.4) is 0 Å². The SMILES string of the molecule is CC(C)(C)OC(=O)N1CCC(CCCNc2ncnc3c2ncn3[C@@H]2O[C@H](CO)[C@@H](O)[C@H]2O)CC1. The van der Waals surface area contributed by atoms with E-state index >= 15 is 0 Å². The van der Waals surface area contributed by atoms with Crippen LogP contribution in [0, 0.1) is 5.92 Å². The standard InChI is InChI=1S/C23H36N6O6/c1-23(2,3)35-22(33)28-9-6-14(7-10-28)5-4-8-24-19-16-20(26-12-25-19)29(13-27-16)21-18(32)17(31)15(11-30)34-21/h12-15,17-18,21,30-32H,4-11H2,1-3H3,(H,24,25,26)/t15-,17-,18-,21-/m1/s1. The Morgan fingerprint density at radius 3 is 2.60 bits per heavy atom. The lowest BCUT2D eigenvalue weighted by atomic mass is 9.92. The fraction of sp³-hybridized carbons (Fsp3) is 0.739. The van der Waals surface area contributed by atoms with Crippen molar-refractivity contribution in [1.82, 2.24) is 24.4 Å². The van der Waals surface area contributed by atoms with E-state index in [1.54, 1.807) is 9.47 Å². The molecule has 0 aromatic carbocycles. The summed E-state index contributed by atoms with van der Waals surface area (Å²) in [4.78, 5) is 27.0. The maximum absolute atomic E-state index is 12.2. The molecule has 4 rings (SSSR count). The Kier molecular flexibility index (Phi) is 7.74. The lowest BCUT2D eigenvalue weighted by Crippen LogP contribution is -2.41. The molecule has 4 atom stereocenters. The van der Waals surface area contributed by atoms with Crippen LogP contribution in [-0.2, 0) is 9.47 Å². The van der Waals surface area contributed by atoms with Gasteiger partial charge in [0.15, 0.2) is 23.2 Å². The number of piperidine rings is 1. The highest BCUT2D eigenvalue weighted by Crippen LogP contribution is 2.32. The average Bonchev–Trinajstić information content (AvgIpc) is 3.37. The highest BCUT2D eigenvalue weighted by Gasteiger charge is 2.44. The van der Waals surface area contributed by atoms with Crippen LogP contribution in [0.15, 0.2) is 12.7 Å². The van der Waals surface area contributed by atoms with Crippen LogP contribution in [0.4, 0.5) is 10.6 Å². The molecule has 0 unspecified atom stereocenters. The first kappa shape index (κ1) is 25.5. The first-order valence-electron chi connectivity index (χ1n) is 12.2. The normalized spacial score (nSPS) is 25.8. The minimum Gasteiger partial charge on any atom is -0.444 e. The summed E-state index contributed by atoms with van der Waals surface area (Å²) in [6, 6.07) is 0. The molecule has 2 fully saturated rings. The van der Waals surface area contributed by atoms with Crippen LogP contribution in [0.5, 0.6) is 0 Å². The maximum Gasteiger partial charge on any atom is 0.410 e.